The zero-order valence-corrected chi connectivity index (χ0v) is 10.9. The molecule has 0 saturated heterocycles. The number of nitrogens with zero attached hydrogens (tertiary/aromatic N) is 1. The van der Waals surface area contributed by atoms with Crippen molar-refractivity contribution >= 4 is 0 Å². The molecule has 1 aromatic heterocycles. The van der Waals surface area contributed by atoms with Gasteiger partial charge in [0.2, 0.25) is 0 Å². The molecule has 0 aliphatic rings. The van der Waals surface area contributed by atoms with Gasteiger partial charge in [0.15, 0.2) is 0 Å². The second kappa shape index (κ2) is 6.01. The van der Waals surface area contributed by atoms with E-state index in [9.17, 15) is 0 Å². The average Bonchev–Trinajstić information content (AvgIpc) is 2.56. The van der Waals surface area contributed by atoms with Gasteiger partial charge in [0.1, 0.15) is 0 Å². The summed E-state index contributed by atoms with van der Waals surface area (Å²) in [6.07, 6.45) is 1.14. The zero-order valence-electron chi connectivity index (χ0n) is 10.9. The van der Waals surface area contributed by atoms with E-state index in [1.807, 2.05) is 6.92 Å². The largest absolute Gasteiger partial charge is 0.312 e. The van der Waals surface area contributed by atoms with Crippen molar-refractivity contribution in [2.24, 2.45) is 0 Å². The number of H-pyrrole nitrogens is 1. The third-order valence-electron chi connectivity index (χ3n) is 2.25. The first-order chi connectivity index (χ1) is 7.47. The maximum Gasteiger partial charge on any atom is 0.0762 e. The minimum atomic E-state index is 0.222. The molecular weight excluding hydrogens is 200 g/mol. The fourth-order valence-corrected chi connectivity index (χ4v) is 1.46. The third-order valence-corrected chi connectivity index (χ3v) is 2.25. The first-order valence-corrected chi connectivity index (χ1v) is 5.94. The average molecular weight is 224 g/mol. The van der Waals surface area contributed by atoms with E-state index in [0.717, 1.165) is 37.4 Å². The molecule has 0 unspecified atom stereocenters. The summed E-state index contributed by atoms with van der Waals surface area (Å²) >= 11 is 0. The van der Waals surface area contributed by atoms with E-state index in [1.54, 1.807) is 0 Å². The topological polar surface area (TPSA) is 52.7 Å². The van der Waals surface area contributed by atoms with Crippen molar-refractivity contribution in [1.29, 1.82) is 0 Å². The van der Waals surface area contributed by atoms with Crippen molar-refractivity contribution in [3.05, 3.63) is 17.5 Å². The molecule has 1 heterocycles. The molecule has 16 heavy (non-hydrogen) atoms. The molecule has 4 nitrogen and oxygen atoms in total. The van der Waals surface area contributed by atoms with E-state index in [1.165, 1.54) is 0 Å². The monoisotopic (exact) mass is 224 g/mol. The SMILES string of the molecule is Cc1cc(CNCCCNC(C)(C)C)n[nH]1. The van der Waals surface area contributed by atoms with Crippen molar-refractivity contribution in [2.45, 2.75) is 46.2 Å². The van der Waals surface area contributed by atoms with E-state index < -0.39 is 0 Å². The van der Waals surface area contributed by atoms with E-state index in [4.69, 9.17) is 0 Å². The number of rotatable bonds is 6. The van der Waals surface area contributed by atoms with Crippen molar-refractivity contribution in [1.82, 2.24) is 20.8 Å². The smallest absolute Gasteiger partial charge is 0.0762 e. The van der Waals surface area contributed by atoms with Crippen LogP contribution < -0.4 is 10.6 Å². The Morgan fingerprint density at radius 2 is 2.06 bits per heavy atom. The van der Waals surface area contributed by atoms with Gasteiger partial charge in [-0.05, 0) is 53.3 Å². The van der Waals surface area contributed by atoms with E-state index >= 15 is 0 Å². The normalized spacial score (nSPS) is 12.0. The van der Waals surface area contributed by atoms with Crippen LogP contribution in [0.15, 0.2) is 6.07 Å². The van der Waals surface area contributed by atoms with E-state index in [2.05, 4.69) is 47.7 Å². The Morgan fingerprint density at radius 3 is 2.62 bits per heavy atom. The van der Waals surface area contributed by atoms with Gasteiger partial charge in [-0.2, -0.15) is 5.10 Å². The maximum atomic E-state index is 4.17. The summed E-state index contributed by atoms with van der Waals surface area (Å²) in [4.78, 5) is 0. The van der Waals surface area contributed by atoms with Crippen LogP contribution in [0, 0.1) is 6.92 Å². The molecule has 0 aromatic carbocycles. The summed E-state index contributed by atoms with van der Waals surface area (Å²) in [6, 6.07) is 2.07. The molecule has 0 radical (unpaired) electrons. The molecule has 0 amide bonds. The van der Waals surface area contributed by atoms with Crippen LogP contribution in [0.1, 0.15) is 38.6 Å². The number of nitrogens with one attached hydrogen (secondary N) is 3. The van der Waals surface area contributed by atoms with Gasteiger partial charge in [-0.3, -0.25) is 5.10 Å². The van der Waals surface area contributed by atoms with Crippen LogP contribution in [0.3, 0.4) is 0 Å². The van der Waals surface area contributed by atoms with Crippen molar-refractivity contribution in [3.8, 4) is 0 Å². The quantitative estimate of drug-likeness (QED) is 0.643. The molecule has 0 saturated carbocycles. The molecular formula is C12H24N4. The Balaban J connectivity index is 2.00. The van der Waals surface area contributed by atoms with Crippen LogP contribution in [0.25, 0.3) is 0 Å². The predicted octanol–water partition coefficient (Wildman–Crippen LogP) is 1.59. The Morgan fingerprint density at radius 1 is 1.31 bits per heavy atom. The summed E-state index contributed by atoms with van der Waals surface area (Å²) in [7, 11) is 0. The highest BCUT2D eigenvalue weighted by Crippen LogP contribution is 1.98. The fraction of sp³-hybridized carbons (Fsp3) is 0.750. The highest BCUT2D eigenvalue weighted by atomic mass is 15.1. The number of aromatic amines is 1. The third kappa shape index (κ3) is 5.88. The van der Waals surface area contributed by atoms with Crippen molar-refractivity contribution in [3.63, 3.8) is 0 Å². The molecule has 0 aliphatic heterocycles. The van der Waals surface area contributed by atoms with Crippen LogP contribution >= 0.6 is 0 Å². The van der Waals surface area contributed by atoms with Gasteiger partial charge in [-0.25, -0.2) is 0 Å². The van der Waals surface area contributed by atoms with E-state index in [-0.39, 0.29) is 5.54 Å². The molecule has 92 valence electrons. The van der Waals surface area contributed by atoms with Gasteiger partial charge in [0.25, 0.3) is 0 Å². The Kier molecular flexibility index (Phi) is 4.96. The maximum absolute atomic E-state index is 4.17. The summed E-state index contributed by atoms with van der Waals surface area (Å²) in [5.74, 6) is 0. The predicted molar refractivity (Wildman–Crippen MR) is 67.4 cm³/mol. The molecule has 0 spiro atoms. The van der Waals surface area contributed by atoms with Gasteiger partial charge >= 0.3 is 0 Å². The summed E-state index contributed by atoms with van der Waals surface area (Å²) in [6.45, 7) is 11.5. The first-order valence-electron chi connectivity index (χ1n) is 5.94. The lowest BCUT2D eigenvalue weighted by atomic mass is 10.1. The Labute approximate surface area is 98.2 Å². The molecule has 1 rings (SSSR count). The van der Waals surface area contributed by atoms with Crippen LogP contribution in [-0.4, -0.2) is 28.8 Å². The zero-order chi connectivity index (χ0) is 12.0. The van der Waals surface area contributed by atoms with Crippen molar-refractivity contribution in [2.75, 3.05) is 13.1 Å². The Bertz CT molecular complexity index is 298. The highest BCUT2D eigenvalue weighted by molar-refractivity contribution is 5.05. The molecule has 0 fully saturated rings. The minimum Gasteiger partial charge on any atom is -0.312 e. The van der Waals surface area contributed by atoms with Gasteiger partial charge < -0.3 is 10.6 Å². The lowest BCUT2D eigenvalue weighted by molar-refractivity contribution is 0.418. The number of hydrogen-bond donors (Lipinski definition) is 3. The minimum absolute atomic E-state index is 0.222. The molecule has 0 bridgehead atoms. The second-order valence-electron chi connectivity index (χ2n) is 5.25. The first kappa shape index (κ1) is 13.2. The lowest BCUT2D eigenvalue weighted by Gasteiger charge is -2.20. The molecule has 0 atom stereocenters. The van der Waals surface area contributed by atoms with Gasteiger partial charge in [0, 0.05) is 17.8 Å². The van der Waals surface area contributed by atoms with Gasteiger partial charge in [0.05, 0.1) is 5.69 Å². The number of hydrogen-bond acceptors (Lipinski definition) is 3. The molecule has 3 N–H and O–H groups in total. The summed E-state index contributed by atoms with van der Waals surface area (Å²) in [5, 5.41) is 13.9. The standard InChI is InChI=1S/C12H24N4/c1-10-8-11(16-15-10)9-13-6-5-7-14-12(2,3)4/h8,13-14H,5-7,9H2,1-4H3,(H,15,16). The molecule has 1 aromatic rings. The number of aromatic nitrogens is 2. The van der Waals surface area contributed by atoms with Crippen LogP contribution in [0.5, 0.6) is 0 Å². The highest BCUT2D eigenvalue weighted by Gasteiger charge is 2.06. The number of aryl methyl sites for hydroxylation is 1. The van der Waals surface area contributed by atoms with Crippen LogP contribution in [0.2, 0.25) is 0 Å². The van der Waals surface area contributed by atoms with Crippen LogP contribution in [0.4, 0.5) is 0 Å². The second-order valence-corrected chi connectivity index (χ2v) is 5.25. The van der Waals surface area contributed by atoms with E-state index in [0.29, 0.717) is 0 Å². The lowest BCUT2D eigenvalue weighted by Crippen LogP contribution is -2.37. The summed E-state index contributed by atoms with van der Waals surface area (Å²) in [5.41, 5.74) is 2.42. The van der Waals surface area contributed by atoms with Crippen LogP contribution in [-0.2, 0) is 6.54 Å². The summed E-state index contributed by atoms with van der Waals surface area (Å²) < 4.78 is 0. The fourth-order valence-electron chi connectivity index (χ4n) is 1.46. The van der Waals surface area contributed by atoms with Gasteiger partial charge in [-0.15, -0.1) is 0 Å². The van der Waals surface area contributed by atoms with Crippen molar-refractivity contribution < 1.29 is 0 Å². The Hall–Kier alpha value is -0.870. The van der Waals surface area contributed by atoms with Gasteiger partial charge in [-0.1, -0.05) is 0 Å². The molecule has 4 heteroatoms. The molecule has 0 aliphatic carbocycles.